The van der Waals surface area contributed by atoms with E-state index in [1.807, 2.05) is 18.2 Å². The molecular weight excluding hydrogens is 256 g/mol. The molecule has 1 unspecified atom stereocenters. The molecule has 1 aliphatic rings. The van der Waals surface area contributed by atoms with E-state index in [0.29, 0.717) is 31.5 Å². The molecule has 1 aromatic carbocycles. The van der Waals surface area contributed by atoms with Crippen LogP contribution in [-0.2, 0) is 16.0 Å². The third kappa shape index (κ3) is 3.29. The molecule has 3 N–H and O–H groups in total. The molecule has 5 heteroatoms. The molecule has 1 atom stereocenters. The Labute approximate surface area is 118 Å². The first kappa shape index (κ1) is 14.4. The maximum Gasteiger partial charge on any atom is 0.326 e. The zero-order chi connectivity index (χ0) is 14.5. The van der Waals surface area contributed by atoms with Gasteiger partial charge in [-0.05, 0) is 37.3 Å². The van der Waals surface area contributed by atoms with E-state index in [-0.39, 0.29) is 5.91 Å². The van der Waals surface area contributed by atoms with Crippen LogP contribution in [-0.4, -0.2) is 34.5 Å². The van der Waals surface area contributed by atoms with Gasteiger partial charge in [0.15, 0.2) is 0 Å². The van der Waals surface area contributed by atoms with Crippen molar-refractivity contribution in [1.82, 2.24) is 4.90 Å². The van der Waals surface area contributed by atoms with Crippen molar-refractivity contribution >= 4 is 17.6 Å². The topological polar surface area (TPSA) is 83.6 Å². The minimum absolute atomic E-state index is 0.0969. The Bertz CT molecular complexity index is 502. The van der Waals surface area contributed by atoms with Crippen LogP contribution in [0.25, 0.3) is 0 Å². The van der Waals surface area contributed by atoms with Gasteiger partial charge in [-0.1, -0.05) is 18.2 Å². The van der Waals surface area contributed by atoms with Crippen molar-refractivity contribution in [3.8, 4) is 0 Å². The van der Waals surface area contributed by atoms with Crippen molar-refractivity contribution in [2.45, 2.75) is 38.1 Å². The number of piperidine rings is 1. The number of anilines is 1. The lowest BCUT2D eigenvalue weighted by atomic mass is 10.0. The number of carbonyl (C=O) groups excluding carboxylic acids is 1. The van der Waals surface area contributed by atoms with Crippen molar-refractivity contribution in [2.75, 3.05) is 12.3 Å². The van der Waals surface area contributed by atoms with Gasteiger partial charge in [0.1, 0.15) is 6.04 Å². The number of benzene rings is 1. The number of likely N-dealkylation sites (tertiary alicyclic amines) is 1. The SMILES string of the molecule is Nc1ccccc1CCC(=O)N1CCCCC1C(=O)O. The third-order valence-corrected chi connectivity index (χ3v) is 3.77. The van der Waals surface area contributed by atoms with Crippen LogP contribution in [0, 0.1) is 0 Å². The summed E-state index contributed by atoms with van der Waals surface area (Å²) in [6, 6.07) is 6.78. The molecule has 1 aromatic rings. The highest BCUT2D eigenvalue weighted by molar-refractivity contribution is 5.84. The van der Waals surface area contributed by atoms with Gasteiger partial charge < -0.3 is 15.7 Å². The highest BCUT2D eigenvalue weighted by Crippen LogP contribution is 2.20. The first-order valence-corrected chi connectivity index (χ1v) is 6.95. The molecule has 108 valence electrons. The number of nitrogens with two attached hydrogens (primary N) is 1. The van der Waals surface area contributed by atoms with Gasteiger partial charge in [0, 0.05) is 18.7 Å². The van der Waals surface area contributed by atoms with Gasteiger partial charge in [-0.25, -0.2) is 4.79 Å². The highest BCUT2D eigenvalue weighted by Gasteiger charge is 2.31. The quantitative estimate of drug-likeness (QED) is 0.819. The van der Waals surface area contributed by atoms with Gasteiger partial charge >= 0.3 is 5.97 Å². The molecule has 0 bridgehead atoms. The van der Waals surface area contributed by atoms with Crippen LogP contribution < -0.4 is 5.73 Å². The summed E-state index contributed by atoms with van der Waals surface area (Å²) in [5.41, 5.74) is 7.45. The standard InChI is InChI=1S/C15H20N2O3/c16-12-6-2-1-5-11(12)8-9-14(18)17-10-4-3-7-13(17)15(19)20/h1-2,5-6,13H,3-4,7-10,16H2,(H,19,20). The predicted molar refractivity (Wildman–Crippen MR) is 76.2 cm³/mol. The van der Waals surface area contributed by atoms with Crippen molar-refractivity contribution in [2.24, 2.45) is 0 Å². The maximum absolute atomic E-state index is 12.2. The van der Waals surface area contributed by atoms with E-state index in [0.717, 1.165) is 18.4 Å². The van der Waals surface area contributed by atoms with E-state index in [4.69, 9.17) is 5.73 Å². The average Bonchev–Trinajstić information content (AvgIpc) is 2.46. The van der Waals surface area contributed by atoms with Crippen LogP contribution in [0.4, 0.5) is 5.69 Å². The molecule has 0 aromatic heterocycles. The van der Waals surface area contributed by atoms with Crippen LogP contribution in [0.2, 0.25) is 0 Å². The molecule has 1 saturated heterocycles. The number of carboxylic acids is 1. The number of para-hydroxylation sites is 1. The number of nitrogen functional groups attached to an aromatic ring is 1. The summed E-state index contributed by atoms with van der Waals surface area (Å²) in [7, 11) is 0. The maximum atomic E-state index is 12.2. The summed E-state index contributed by atoms with van der Waals surface area (Å²) in [6.07, 6.45) is 3.15. The smallest absolute Gasteiger partial charge is 0.326 e. The summed E-state index contributed by atoms with van der Waals surface area (Å²) in [6.45, 7) is 0.542. The molecule has 1 fully saturated rings. The molecule has 0 aliphatic carbocycles. The molecular formula is C15H20N2O3. The predicted octanol–water partition coefficient (Wildman–Crippen LogP) is 1.67. The lowest BCUT2D eigenvalue weighted by Crippen LogP contribution is -2.48. The number of nitrogens with zero attached hydrogens (tertiary/aromatic N) is 1. The van der Waals surface area contributed by atoms with Gasteiger partial charge in [-0.2, -0.15) is 0 Å². The van der Waals surface area contributed by atoms with Crippen LogP contribution in [0.1, 0.15) is 31.2 Å². The van der Waals surface area contributed by atoms with Crippen molar-refractivity contribution in [3.63, 3.8) is 0 Å². The van der Waals surface area contributed by atoms with Gasteiger partial charge in [0.2, 0.25) is 5.91 Å². The highest BCUT2D eigenvalue weighted by atomic mass is 16.4. The fourth-order valence-corrected chi connectivity index (χ4v) is 2.63. The lowest BCUT2D eigenvalue weighted by molar-refractivity contribution is -0.152. The molecule has 1 aliphatic heterocycles. The van der Waals surface area contributed by atoms with E-state index < -0.39 is 12.0 Å². The Balaban J connectivity index is 1.97. The first-order chi connectivity index (χ1) is 9.59. The van der Waals surface area contributed by atoms with Crippen molar-refractivity contribution < 1.29 is 14.7 Å². The Morgan fingerprint density at radius 2 is 2.05 bits per heavy atom. The van der Waals surface area contributed by atoms with Gasteiger partial charge in [0.25, 0.3) is 0 Å². The molecule has 0 radical (unpaired) electrons. The van der Waals surface area contributed by atoms with E-state index in [1.165, 1.54) is 4.90 Å². The van der Waals surface area contributed by atoms with Gasteiger partial charge in [-0.3, -0.25) is 4.79 Å². The number of carbonyl (C=O) groups is 2. The first-order valence-electron chi connectivity index (χ1n) is 6.95. The number of carboxylic acid groups (broad SMARTS) is 1. The number of hydrogen-bond acceptors (Lipinski definition) is 3. The summed E-state index contributed by atoms with van der Waals surface area (Å²) < 4.78 is 0. The second kappa shape index (κ2) is 6.41. The average molecular weight is 276 g/mol. The van der Waals surface area contributed by atoms with E-state index in [2.05, 4.69) is 0 Å². The number of hydrogen-bond donors (Lipinski definition) is 2. The Hall–Kier alpha value is -2.04. The molecule has 2 rings (SSSR count). The summed E-state index contributed by atoms with van der Waals surface area (Å²) in [4.78, 5) is 24.9. The minimum atomic E-state index is -0.905. The Morgan fingerprint density at radius 1 is 1.30 bits per heavy atom. The van der Waals surface area contributed by atoms with Crippen molar-refractivity contribution in [3.05, 3.63) is 29.8 Å². The zero-order valence-corrected chi connectivity index (χ0v) is 11.4. The number of aliphatic carboxylic acids is 1. The fraction of sp³-hybridized carbons (Fsp3) is 0.467. The minimum Gasteiger partial charge on any atom is -0.480 e. The lowest BCUT2D eigenvalue weighted by Gasteiger charge is -2.33. The molecule has 0 saturated carbocycles. The largest absolute Gasteiger partial charge is 0.480 e. The van der Waals surface area contributed by atoms with Crippen LogP contribution in [0.5, 0.6) is 0 Å². The number of rotatable bonds is 4. The monoisotopic (exact) mass is 276 g/mol. The van der Waals surface area contributed by atoms with Crippen LogP contribution in [0.15, 0.2) is 24.3 Å². The van der Waals surface area contributed by atoms with E-state index >= 15 is 0 Å². The summed E-state index contributed by atoms with van der Waals surface area (Å²) in [5.74, 6) is -1.00. The van der Waals surface area contributed by atoms with E-state index in [1.54, 1.807) is 6.07 Å². The summed E-state index contributed by atoms with van der Waals surface area (Å²) in [5, 5.41) is 9.17. The second-order valence-corrected chi connectivity index (χ2v) is 5.14. The normalized spacial score (nSPS) is 18.8. The molecule has 5 nitrogen and oxygen atoms in total. The fourth-order valence-electron chi connectivity index (χ4n) is 2.63. The van der Waals surface area contributed by atoms with Gasteiger partial charge in [-0.15, -0.1) is 0 Å². The second-order valence-electron chi connectivity index (χ2n) is 5.14. The number of aryl methyl sites for hydroxylation is 1. The Morgan fingerprint density at radius 3 is 2.75 bits per heavy atom. The van der Waals surface area contributed by atoms with Gasteiger partial charge in [0.05, 0.1) is 0 Å². The molecule has 1 heterocycles. The van der Waals surface area contributed by atoms with E-state index in [9.17, 15) is 14.7 Å². The zero-order valence-electron chi connectivity index (χ0n) is 11.4. The Kier molecular flexibility index (Phi) is 4.61. The molecule has 1 amide bonds. The molecule has 20 heavy (non-hydrogen) atoms. The van der Waals surface area contributed by atoms with Crippen LogP contribution >= 0.6 is 0 Å². The van der Waals surface area contributed by atoms with Crippen LogP contribution in [0.3, 0.4) is 0 Å². The number of amides is 1. The van der Waals surface area contributed by atoms with Crippen molar-refractivity contribution in [1.29, 1.82) is 0 Å². The third-order valence-electron chi connectivity index (χ3n) is 3.77. The molecule has 0 spiro atoms. The summed E-state index contributed by atoms with van der Waals surface area (Å²) >= 11 is 0.